The van der Waals surface area contributed by atoms with Crippen LogP contribution >= 0.6 is 0 Å². The first kappa shape index (κ1) is 13.6. The molecule has 0 bridgehead atoms. The molecule has 0 amide bonds. The van der Waals surface area contributed by atoms with Crippen LogP contribution in [0.2, 0.25) is 19.6 Å². The average molecular weight is 263 g/mol. The van der Waals surface area contributed by atoms with E-state index in [4.69, 9.17) is 0 Å². The highest BCUT2D eigenvalue weighted by molar-refractivity contribution is 6.92. The lowest BCUT2D eigenvalue weighted by Crippen LogP contribution is -2.83. The second kappa shape index (κ2) is 4.40. The molecule has 90 valence electrons. The van der Waals surface area contributed by atoms with Crippen molar-refractivity contribution >= 4 is 26.8 Å². The Labute approximate surface area is 99.2 Å². The first-order valence-corrected chi connectivity index (χ1v) is 12.3. The lowest BCUT2D eigenvalue weighted by atomic mass is 11.3. The molecule has 0 aromatic carbocycles. The maximum absolute atomic E-state index is 2.71. The summed E-state index contributed by atoms with van der Waals surface area (Å²) in [4.78, 5) is 0. The van der Waals surface area contributed by atoms with Gasteiger partial charge >= 0.3 is 0 Å². The van der Waals surface area contributed by atoms with E-state index in [1.807, 2.05) is 0 Å². The second-order valence-corrected chi connectivity index (χ2v) is 16.6. The summed E-state index contributed by atoms with van der Waals surface area (Å²) in [6, 6.07) is 0. The van der Waals surface area contributed by atoms with E-state index in [0.29, 0.717) is 0 Å². The fraction of sp³-hybridized carbons (Fsp3) is 1.00. The Morgan fingerprint density at radius 1 is 0.933 bits per heavy atom. The van der Waals surface area contributed by atoms with Crippen LogP contribution in [0.1, 0.15) is 0 Å². The van der Waals surface area contributed by atoms with Gasteiger partial charge in [-0.3, -0.25) is 0 Å². The summed E-state index contributed by atoms with van der Waals surface area (Å²) in [7, 11) is 8.26. The Morgan fingerprint density at radius 3 is 1.53 bits per heavy atom. The predicted octanol–water partition coefficient (Wildman–Crippen LogP) is -0.374. The van der Waals surface area contributed by atoms with Crippen LogP contribution in [0.5, 0.6) is 0 Å². The van der Waals surface area contributed by atoms with Gasteiger partial charge in [-0.2, -0.15) is 0 Å². The lowest BCUT2D eigenvalue weighted by molar-refractivity contribution is 0.421. The third-order valence-electron chi connectivity index (χ3n) is 4.48. The number of hydrogen-bond acceptors (Lipinski definition) is 4. The average Bonchev–Trinajstić information content (AvgIpc) is 2.20. The van der Waals surface area contributed by atoms with Crippen molar-refractivity contribution in [3.05, 3.63) is 0 Å². The van der Waals surface area contributed by atoms with Gasteiger partial charge in [-0.25, -0.2) is 0 Å². The summed E-state index contributed by atoms with van der Waals surface area (Å²) in [6.07, 6.45) is 0. The number of rotatable bonds is 1. The van der Waals surface area contributed by atoms with Gasteiger partial charge in [0.25, 0.3) is 8.56 Å². The summed E-state index contributed by atoms with van der Waals surface area (Å²) < 4.78 is 10.6. The predicted molar refractivity (Wildman–Crippen MR) is 74.6 cm³/mol. The molecule has 0 spiro atoms. The monoisotopic (exact) mass is 262 g/mol. The van der Waals surface area contributed by atoms with Gasteiger partial charge in [0.1, 0.15) is 0 Å². The van der Waals surface area contributed by atoms with Crippen LogP contribution in [-0.2, 0) is 0 Å². The number of hydrogen-bond donors (Lipinski definition) is 0. The lowest BCUT2D eigenvalue weighted by Gasteiger charge is -2.58. The van der Waals surface area contributed by atoms with Gasteiger partial charge in [0, 0.05) is 0 Å². The van der Waals surface area contributed by atoms with Crippen LogP contribution in [0.25, 0.3) is 0 Å². The van der Waals surface area contributed by atoms with Gasteiger partial charge < -0.3 is 17.3 Å². The second-order valence-electron chi connectivity index (χ2n) is 5.02. The van der Waals surface area contributed by atoms with Gasteiger partial charge in [-0.05, 0) is 54.9 Å². The molecule has 15 heavy (non-hydrogen) atoms. The standard InChI is InChI=1S/C8H26N4Si3/c1-9(2)15(8)11(4)13(6)10(3)14(7)12(15)5/h13-14H,1-8H3. The summed E-state index contributed by atoms with van der Waals surface area (Å²) in [5, 5.41) is 0. The van der Waals surface area contributed by atoms with Crippen LogP contribution in [0.15, 0.2) is 0 Å². The highest BCUT2D eigenvalue weighted by Gasteiger charge is 2.50. The molecule has 2 unspecified atom stereocenters. The Morgan fingerprint density at radius 2 is 1.27 bits per heavy atom. The fourth-order valence-electron chi connectivity index (χ4n) is 2.45. The van der Waals surface area contributed by atoms with E-state index < -0.39 is 26.8 Å². The highest BCUT2D eigenvalue weighted by atomic mass is 28.5. The molecule has 7 heteroatoms. The molecule has 1 aliphatic rings. The third kappa shape index (κ3) is 1.90. The molecule has 4 nitrogen and oxygen atoms in total. The topological polar surface area (TPSA) is 13.0 Å². The van der Waals surface area contributed by atoms with Gasteiger partial charge in [0.15, 0.2) is 18.2 Å². The molecule has 0 aromatic rings. The molecule has 1 heterocycles. The zero-order valence-corrected chi connectivity index (χ0v) is 14.8. The van der Waals surface area contributed by atoms with Gasteiger partial charge in [0.2, 0.25) is 0 Å². The zero-order chi connectivity index (χ0) is 12.0. The molecule has 0 saturated carbocycles. The van der Waals surface area contributed by atoms with Crippen molar-refractivity contribution in [2.24, 2.45) is 0 Å². The minimum Gasteiger partial charge on any atom is -0.330 e. The molecule has 2 atom stereocenters. The zero-order valence-electron chi connectivity index (χ0n) is 11.4. The van der Waals surface area contributed by atoms with Gasteiger partial charge in [-0.15, -0.1) is 0 Å². The molecular weight excluding hydrogens is 236 g/mol. The summed E-state index contributed by atoms with van der Waals surface area (Å²) in [5.74, 6) is 0. The fourth-order valence-corrected chi connectivity index (χ4v) is 19.4. The third-order valence-corrected chi connectivity index (χ3v) is 21.2. The van der Waals surface area contributed by atoms with Crippen molar-refractivity contribution in [3.63, 3.8) is 0 Å². The van der Waals surface area contributed by atoms with E-state index in [9.17, 15) is 0 Å². The van der Waals surface area contributed by atoms with Gasteiger partial charge in [0.05, 0.1) is 0 Å². The molecule has 1 fully saturated rings. The van der Waals surface area contributed by atoms with Crippen molar-refractivity contribution in [3.8, 4) is 0 Å². The molecule has 0 N–H and O–H groups in total. The molecule has 1 rings (SSSR count). The molecule has 0 radical (unpaired) electrons. The van der Waals surface area contributed by atoms with Crippen LogP contribution < -0.4 is 0 Å². The minimum atomic E-state index is -1.51. The van der Waals surface area contributed by atoms with Crippen LogP contribution in [0.4, 0.5) is 0 Å². The first-order valence-electron chi connectivity index (χ1n) is 5.59. The SMILES string of the molecule is CN1[SiH](C)N(C)[Si](C)(N(C)C)N(C)[SiH]1C. The molecular formula is C8H26N4Si3. The van der Waals surface area contributed by atoms with Gasteiger partial charge in [-0.1, -0.05) is 0 Å². The Bertz CT molecular complexity index is 222. The van der Waals surface area contributed by atoms with E-state index in [1.54, 1.807) is 0 Å². The molecule has 1 aliphatic heterocycles. The summed E-state index contributed by atoms with van der Waals surface area (Å²) in [5.41, 5.74) is 0. The molecule has 1 saturated heterocycles. The maximum atomic E-state index is 2.71. The first-order chi connectivity index (χ1) is 6.74. The highest BCUT2D eigenvalue weighted by Crippen LogP contribution is 2.24. The Hall–Kier alpha value is 0.491. The van der Waals surface area contributed by atoms with Crippen LogP contribution in [-0.4, -0.2) is 79.3 Å². The quantitative estimate of drug-likeness (QED) is 0.598. The maximum Gasteiger partial charge on any atom is 0.273 e. The summed E-state index contributed by atoms with van der Waals surface area (Å²) in [6.45, 7) is 7.41. The van der Waals surface area contributed by atoms with Crippen molar-refractivity contribution in [1.29, 1.82) is 0 Å². The van der Waals surface area contributed by atoms with Crippen LogP contribution in [0.3, 0.4) is 0 Å². The van der Waals surface area contributed by atoms with E-state index in [1.165, 1.54) is 0 Å². The smallest absolute Gasteiger partial charge is 0.273 e. The van der Waals surface area contributed by atoms with Crippen molar-refractivity contribution in [1.82, 2.24) is 17.3 Å². The Balaban J connectivity index is 3.07. The van der Waals surface area contributed by atoms with Crippen molar-refractivity contribution < 1.29 is 0 Å². The minimum absolute atomic E-state index is 0.853. The molecule has 0 aliphatic carbocycles. The largest absolute Gasteiger partial charge is 0.330 e. The van der Waals surface area contributed by atoms with Crippen molar-refractivity contribution in [2.75, 3.05) is 35.2 Å². The van der Waals surface area contributed by atoms with Crippen LogP contribution in [0, 0.1) is 0 Å². The number of nitrogens with zero attached hydrogens (tertiary/aromatic N) is 4. The van der Waals surface area contributed by atoms with Crippen molar-refractivity contribution in [2.45, 2.75) is 19.6 Å². The van der Waals surface area contributed by atoms with E-state index in [2.05, 4.69) is 72.1 Å². The van der Waals surface area contributed by atoms with E-state index in [0.717, 1.165) is 0 Å². The normalized spacial score (nSPS) is 41.4. The van der Waals surface area contributed by atoms with E-state index in [-0.39, 0.29) is 0 Å². The molecule has 0 aromatic heterocycles. The summed E-state index contributed by atoms with van der Waals surface area (Å²) >= 11 is 0. The Kier molecular flexibility index (Phi) is 3.97. The van der Waals surface area contributed by atoms with E-state index >= 15 is 0 Å².